The van der Waals surface area contributed by atoms with Crippen LogP contribution >= 0.6 is 0 Å². The Labute approximate surface area is 148 Å². The second kappa shape index (κ2) is 7.15. The fourth-order valence-electron chi connectivity index (χ4n) is 3.49. The maximum atomic E-state index is 13.4. The normalized spacial score (nSPS) is 16.5. The lowest BCUT2D eigenvalue weighted by atomic mass is 9.94. The van der Waals surface area contributed by atoms with Gasteiger partial charge < -0.3 is 19.3 Å². The molecular weight excluding hydrogens is 316 g/mol. The maximum Gasteiger partial charge on any atom is 0.265 e. The minimum absolute atomic E-state index is 0.0982. The predicted molar refractivity (Wildman–Crippen MR) is 98.7 cm³/mol. The van der Waals surface area contributed by atoms with Crippen molar-refractivity contribution < 1.29 is 14.3 Å². The zero-order valence-electron chi connectivity index (χ0n) is 15.2. The molecule has 0 saturated heterocycles. The summed E-state index contributed by atoms with van der Waals surface area (Å²) in [6.45, 7) is 0.653. The molecule has 3 rings (SSSR count). The number of hydrogen-bond donors (Lipinski definition) is 0. The number of carbonyl (C=O) groups is 1. The zero-order chi connectivity index (χ0) is 18.0. The second-order valence-electron chi connectivity index (χ2n) is 6.32. The van der Waals surface area contributed by atoms with Crippen molar-refractivity contribution in [3.63, 3.8) is 0 Å². The van der Waals surface area contributed by atoms with Gasteiger partial charge in [-0.05, 0) is 44.3 Å². The van der Waals surface area contributed by atoms with Crippen LogP contribution in [0.15, 0.2) is 42.5 Å². The van der Waals surface area contributed by atoms with Crippen molar-refractivity contribution in [3.05, 3.63) is 53.6 Å². The van der Waals surface area contributed by atoms with Crippen LogP contribution in [0.3, 0.4) is 0 Å². The zero-order valence-corrected chi connectivity index (χ0v) is 15.2. The molecule has 0 radical (unpaired) electrons. The molecule has 0 aromatic heterocycles. The van der Waals surface area contributed by atoms with Crippen LogP contribution in [0, 0.1) is 0 Å². The highest BCUT2D eigenvalue weighted by Crippen LogP contribution is 2.39. The number of rotatable bonds is 4. The summed E-state index contributed by atoms with van der Waals surface area (Å²) in [5.41, 5.74) is 2.58. The molecule has 132 valence electrons. The van der Waals surface area contributed by atoms with Crippen molar-refractivity contribution >= 4 is 11.6 Å². The summed E-state index contributed by atoms with van der Waals surface area (Å²) in [6, 6.07) is 13.8. The van der Waals surface area contributed by atoms with Gasteiger partial charge in [0.05, 0.1) is 14.2 Å². The van der Waals surface area contributed by atoms with E-state index >= 15 is 0 Å². The molecule has 0 spiro atoms. The highest BCUT2D eigenvalue weighted by Gasteiger charge is 2.32. The number of fused-ring (bicyclic) bond motifs is 1. The molecule has 25 heavy (non-hydrogen) atoms. The van der Waals surface area contributed by atoms with E-state index in [9.17, 15) is 4.79 Å². The van der Waals surface area contributed by atoms with E-state index in [2.05, 4.69) is 25.1 Å². The SMILES string of the molecule is COc1cccc(OC)c1C(=O)N1CCC(N(C)C)c2ccccc21. The van der Waals surface area contributed by atoms with Crippen LogP contribution in [0.5, 0.6) is 11.5 Å². The number of nitrogens with zero attached hydrogens (tertiary/aromatic N) is 2. The van der Waals surface area contributed by atoms with Crippen molar-refractivity contribution in [2.75, 3.05) is 39.8 Å². The molecule has 1 amide bonds. The Hall–Kier alpha value is -2.53. The highest BCUT2D eigenvalue weighted by molar-refractivity contribution is 6.10. The molecule has 0 N–H and O–H groups in total. The van der Waals surface area contributed by atoms with Crippen LogP contribution in [0.2, 0.25) is 0 Å². The Morgan fingerprint density at radius 2 is 1.68 bits per heavy atom. The Bertz CT molecular complexity index is 751. The molecule has 0 fully saturated rings. The van der Waals surface area contributed by atoms with E-state index in [4.69, 9.17) is 9.47 Å². The maximum absolute atomic E-state index is 13.4. The average Bonchev–Trinajstić information content (AvgIpc) is 2.65. The first-order chi connectivity index (χ1) is 12.1. The molecule has 1 aliphatic rings. The monoisotopic (exact) mass is 340 g/mol. The quantitative estimate of drug-likeness (QED) is 0.856. The number of benzene rings is 2. The molecule has 5 heteroatoms. The van der Waals surface area contributed by atoms with Gasteiger partial charge in [0, 0.05) is 18.3 Å². The first-order valence-electron chi connectivity index (χ1n) is 8.36. The number of methoxy groups -OCH3 is 2. The number of hydrogen-bond acceptors (Lipinski definition) is 4. The third-order valence-corrected chi connectivity index (χ3v) is 4.72. The van der Waals surface area contributed by atoms with Gasteiger partial charge in [-0.15, -0.1) is 0 Å². The summed E-state index contributed by atoms with van der Waals surface area (Å²) >= 11 is 0. The van der Waals surface area contributed by atoms with Crippen LogP contribution in [-0.4, -0.2) is 45.7 Å². The Morgan fingerprint density at radius 3 is 2.28 bits per heavy atom. The number of para-hydroxylation sites is 1. The number of carbonyl (C=O) groups excluding carboxylic acids is 1. The molecule has 1 unspecified atom stereocenters. The van der Waals surface area contributed by atoms with Crippen LogP contribution in [-0.2, 0) is 0 Å². The first-order valence-corrected chi connectivity index (χ1v) is 8.36. The molecule has 2 aromatic rings. The number of ether oxygens (including phenoxy) is 2. The van der Waals surface area contributed by atoms with Crippen LogP contribution in [0.1, 0.15) is 28.4 Å². The average molecular weight is 340 g/mol. The molecule has 2 aromatic carbocycles. The van der Waals surface area contributed by atoms with Crippen LogP contribution < -0.4 is 14.4 Å². The van der Waals surface area contributed by atoms with E-state index in [1.54, 1.807) is 26.4 Å². The number of anilines is 1. The summed E-state index contributed by atoms with van der Waals surface area (Å²) in [6.07, 6.45) is 0.882. The van der Waals surface area contributed by atoms with E-state index in [1.807, 2.05) is 29.2 Å². The van der Waals surface area contributed by atoms with Crippen molar-refractivity contribution in [1.29, 1.82) is 0 Å². The van der Waals surface area contributed by atoms with Gasteiger partial charge in [0.15, 0.2) is 0 Å². The summed E-state index contributed by atoms with van der Waals surface area (Å²) in [7, 11) is 7.28. The summed E-state index contributed by atoms with van der Waals surface area (Å²) in [5, 5.41) is 0. The lowest BCUT2D eigenvalue weighted by molar-refractivity contribution is 0.0974. The molecule has 0 aliphatic carbocycles. The molecular formula is C20H24N2O3. The van der Waals surface area contributed by atoms with Crippen molar-refractivity contribution in [1.82, 2.24) is 4.90 Å². The Morgan fingerprint density at radius 1 is 1.04 bits per heavy atom. The van der Waals surface area contributed by atoms with Crippen LogP contribution in [0.25, 0.3) is 0 Å². The molecule has 1 heterocycles. The summed E-state index contributed by atoms with van der Waals surface area (Å²) in [5.74, 6) is 0.951. The second-order valence-corrected chi connectivity index (χ2v) is 6.32. The van der Waals surface area contributed by atoms with Gasteiger partial charge in [-0.2, -0.15) is 0 Å². The van der Waals surface area contributed by atoms with Gasteiger partial charge in [0.2, 0.25) is 0 Å². The minimum Gasteiger partial charge on any atom is -0.496 e. The standard InChI is InChI=1S/C20H24N2O3/c1-21(2)15-12-13-22(16-9-6-5-8-14(15)16)20(23)19-17(24-3)10-7-11-18(19)25-4/h5-11,15H,12-13H2,1-4H3. The molecule has 5 nitrogen and oxygen atoms in total. The topological polar surface area (TPSA) is 42.0 Å². The van der Waals surface area contributed by atoms with Crippen LogP contribution in [0.4, 0.5) is 5.69 Å². The van der Waals surface area contributed by atoms with Crippen molar-refractivity contribution in [2.24, 2.45) is 0 Å². The third-order valence-electron chi connectivity index (χ3n) is 4.72. The fraction of sp³-hybridized carbons (Fsp3) is 0.350. The smallest absolute Gasteiger partial charge is 0.265 e. The number of amides is 1. The summed E-state index contributed by atoms with van der Waals surface area (Å²) in [4.78, 5) is 17.4. The molecule has 1 aliphatic heterocycles. The van der Waals surface area contributed by atoms with Gasteiger partial charge in [-0.1, -0.05) is 24.3 Å². The van der Waals surface area contributed by atoms with Gasteiger partial charge >= 0.3 is 0 Å². The first kappa shape index (κ1) is 17.3. The highest BCUT2D eigenvalue weighted by atomic mass is 16.5. The molecule has 1 atom stereocenters. The minimum atomic E-state index is -0.0982. The third kappa shape index (κ3) is 3.07. The van der Waals surface area contributed by atoms with E-state index in [-0.39, 0.29) is 5.91 Å². The van der Waals surface area contributed by atoms with Gasteiger partial charge in [-0.3, -0.25) is 4.79 Å². The fourth-order valence-corrected chi connectivity index (χ4v) is 3.49. The van der Waals surface area contributed by atoms with E-state index < -0.39 is 0 Å². The molecule has 0 bridgehead atoms. The van der Waals surface area contributed by atoms with E-state index in [1.165, 1.54) is 5.56 Å². The lowest BCUT2D eigenvalue weighted by Crippen LogP contribution is -2.39. The van der Waals surface area contributed by atoms with Gasteiger partial charge in [-0.25, -0.2) is 0 Å². The lowest BCUT2D eigenvalue weighted by Gasteiger charge is -2.37. The predicted octanol–water partition coefficient (Wildman–Crippen LogP) is 3.36. The van der Waals surface area contributed by atoms with E-state index in [0.29, 0.717) is 29.6 Å². The molecule has 0 saturated carbocycles. The van der Waals surface area contributed by atoms with E-state index in [0.717, 1.165) is 12.1 Å². The Balaban J connectivity index is 2.06. The van der Waals surface area contributed by atoms with Gasteiger partial charge in [0.25, 0.3) is 5.91 Å². The van der Waals surface area contributed by atoms with Crippen molar-refractivity contribution in [2.45, 2.75) is 12.5 Å². The van der Waals surface area contributed by atoms with Gasteiger partial charge in [0.1, 0.15) is 17.1 Å². The largest absolute Gasteiger partial charge is 0.496 e. The summed E-state index contributed by atoms with van der Waals surface area (Å²) < 4.78 is 10.8. The Kier molecular flexibility index (Phi) is 4.95. The van der Waals surface area contributed by atoms with Crippen molar-refractivity contribution in [3.8, 4) is 11.5 Å².